The molecule has 1 saturated carbocycles. The molecule has 2 aliphatic rings. The van der Waals surface area contributed by atoms with Gasteiger partial charge in [-0.25, -0.2) is 13.1 Å². The third-order valence-electron chi connectivity index (χ3n) is 4.23. The molecule has 1 N–H and O–H groups in total. The summed E-state index contributed by atoms with van der Waals surface area (Å²) in [6.45, 7) is 0.307. The average Bonchev–Trinajstić information content (AvgIpc) is 2.98. The summed E-state index contributed by atoms with van der Waals surface area (Å²) in [4.78, 5) is 0. The number of β-amino-alcohol motifs (C(OH)–C–C–N with tert-alkyl or cyclic N) is 1. The molecule has 2 fully saturated rings. The van der Waals surface area contributed by atoms with E-state index < -0.39 is 16.1 Å². The quantitative estimate of drug-likeness (QED) is 0.742. The Bertz CT molecular complexity index is 572. The zero-order chi connectivity index (χ0) is 15.0. The Hall–Kier alpha value is -1.03. The van der Waals surface area contributed by atoms with Crippen molar-refractivity contribution in [3.05, 3.63) is 12.4 Å². The van der Waals surface area contributed by atoms with Crippen LogP contribution in [0.1, 0.15) is 18.9 Å². The van der Waals surface area contributed by atoms with E-state index in [1.807, 2.05) is 0 Å². The van der Waals surface area contributed by atoms with Crippen LogP contribution in [0.2, 0.25) is 0 Å². The molecule has 21 heavy (non-hydrogen) atoms. The predicted octanol–water partition coefficient (Wildman–Crippen LogP) is -0.749. The highest BCUT2D eigenvalue weighted by atomic mass is 32.2. The second kappa shape index (κ2) is 5.64. The number of sulfonamides is 1. The summed E-state index contributed by atoms with van der Waals surface area (Å²) in [6, 6.07) is -0.385. The van der Waals surface area contributed by atoms with Gasteiger partial charge in [-0.2, -0.15) is 4.31 Å². The van der Waals surface area contributed by atoms with Gasteiger partial charge in [0.15, 0.2) is 0 Å². The lowest BCUT2D eigenvalue weighted by Crippen LogP contribution is -2.37. The third kappa shape index (κ3) is 3.10. The molecule has 1 unspecified atom stereocenters. The first kappa shape index (κ1) is 14.9. The number of methoxy groups -OCH3 is 1. The molecule has 0 radical (unpaired) electrons. The van der Waals surface area contributed by atoms with E-state index in [0.29, 0.717) is 5.92 Å². The minimum Gasteiger partial charge on any atom is -0.389 e. The molecule has 0 amide bonds. The zero-order valence-electron chi connectivity index (χ0n) is 11.9. The molecule has 8 nitrogen and oxygen atoms in total. The van der Waals surface area contributed by atoms with Gasteiger partial charge in [0.05, 0.1) is 30.2 Å². The largest absolute Gasteiger partial charge is 0.389 e. The van der Waals surface area contributed by atoms with Crippen LogP contribution in [0, 0.1) is 5.92 Å². The molecule has 0 bridgehead atoms. The van der Waals surface area contributed by atoms with Crippen LogP contribution in [-0.4, -0.2) is 71.0 Å². The van der Waals surface area contributed by atoms with Crippen molar-refractivity contribution in [1.29, 1.82) is 0 Å². The zero-order valence-corrected chi connectivity index (χ0v) is 12.7. The molecule has 1 saturated heterocycles. The number of aliphatic hydroxyl groups excluding tert-OH is 1. The van der Waals surface area contributed by atoms with Crippen molar-refractivity contribution in [3.63, 3.8) is 0 Å². The summed E-state index contributed by atoms with van der Waals surface area (Å²) in [7, 11) is -1.90. The van der Waals surface area contributed by atoms with Gasteiger partial charge in [0.25, 0.3) is 0 Å². The molecule has 0 aromatic carbocycles. The first-order chi connectivity index (χ1) is 10.0. The molecule has 0 spiro atoms. The lowest BCUT2D eigenvalue weighted by molar-refractivity contribution is 0.101. The van der Waals surface area contributed by atoms with Gasteiger partial charge in [-0.3, -0.25) is 0 Å². The molecule has 3 atom stereocenters. The number of rotatable bonds is 6. The second-order valence-corrected chi connectivity index (χ2v) is 7.74. The van der Waals surface area contributed by atoms with Gasteiger partial charge in [0.1, 0.15) is 0 Å². The van der Waals surface area contributed by atoms with Gasteiger partial charge in [0, 0.05) is 26.4 Å². The summed E-state index contributed by atoms with van der Waals surface area (Å²) in [5.41, 5.74) is 0. The molecular weight excluding hydrogens is 296 g/mol. The summed E-state index contributed by atoms with van der Waals surface area (Å²) in [6.07, 6.45) is 4.17. The Kier molecular flexibility index (Phi) is 4.00. The Morgan fingerprint density at radius 2 is 2.19 bits per heavy atom. The minimum absolute atomic E-state index is 0.0229. The summed E-state index contributed by atoms with van der Waals surface area (Å²) < 4.78 is 33.1. The molecule has 2 heterocycles. The first-order valence-corrected chi connectivity index (χ1v) is 8.66. The fourth-order valence-corrected chi connectivity index (χ4v) is 4.59. The molecule has 1 aliphatic carbocycles. The topological polar surface area (TPSA) is 97.6 Å². The van der Waals surface area contributed by atoms with E-state index in [9.17, 15) is 13.5 Å². The van der Waals surface area contributed by atoms with Crippen molar-refractivity contribution >= 4 is 10.0 Å². The highest BCUT2D eigenvalue weighted by molar-refractivity contribution is 7.89. The van der Waals surface area contributed by atoms with Crippen LogP contribution < -0.4 is 0 Å². The molecule has 1 aliphatic heterocycles. The number of aromatic nitrogens is 3. The van der Waals surface area contributed by atoms with Crippen LogP contribution in [0.4, 0.5) is 0 Å². The van der Waals surface area contributed by atoms with Crippen LogP contribution in [0.25, 0.3) is 0 Å². The van der Waals surface area contributed by atoms with E-state index >= 15 is 0 Å². The average molecular weight is 316 g/mol. The summed E-state index contributed by atoms with van der Waals surface area (Å²) >= 11 is 0. The van der Waals surface area contributed by atoms with Gasteiger partial charge in [-0.1, -0.05) is 5.21 Å². The van der Waals surface area contributed by atoms with Crippen molar-refractivity contribution in [2.24, 2.45) is 5.92 Å². The van der Waals surface area contributed by atoms with E-state index in [-0.39, 0.29) is 31.0 Å². The maximum atomic E-state index is 12.5. The van der Waals surface area contributed by atoms with E-state index in [4.69, 9.17) is 4.74 Å². The van der Waals surface area contributed by atoms with Crippen LogP contribution in [-0.2, 0) is 14.8 Å². The van der Waals surface area contributed by atoms with E-state index in [1.54, 1.807) is 13.3 Å². The number of hydrogen-bond acceptors (Lipinski definition) is 6. The summed E-state index contributed by atoms with van der Waals surface area (Å²) in [5, 5.41) is 17.6. The molecule has 118 valence electrons. The van der Waals surface area contributed by atoms with Crippen molar-refractivity contribution in [2.75, 3.05) is 26.0 Å². The fourth-order valence-electron chi connectivity index (χ4n) is 2.79. The monoisotopic (exact) mass is 316 g/mol. The Labute approximate surface area is 123 Å². The van der Waals surface area contributed by atoms with Gasteiger partial charge < -0.3 is 9.84 Å². The Morgan fingerprint density at radius 1 is 1.43 bits per heavy atom. The highest BCUT2D eigenvalue weighted by Crippen LogP contribution is 2.35. The number of ether oxygens (including phenoxy) is 1. The van der Waals surface area contributed by atoms with Crippen LogP contribution in [0.3, 0.4) is 0 Å². The highest BCUT2D eigenvalue weighted by Gasteiger charge is 2.42. The molecule has 3 rings (SSSR count). The van der Waals surface area contributed by atoms with Gasteiger partial charge in [-0.05, 0) is 18.8 Å². The van der Waals surface area contributed by atoms with Crippen molar-refractivity contribution in [3.8, 4) is 0 Å². The molecule has 1 aromatic rings. The number of hydrogen-bond donors (Lipinski definition) is 1. The Morgan fingerprint density at radius 3 is 2.76 bits per heavy atom. The van der Waals surface area contributed by atoms with E-state index in [1.165, 1.54) is 15.2 Å². The predicted molar refractivity (Wildman–Crippen MR) is 73.9 cm³/mol. The maximum absolute atomic E-state index is 12.5. The summed E-state index contributed by atoms with van der Waals surface area (Å²) in [5.74, 6) is 0.328. The van der Waals surface area contributed by atoms with Gasteiger partial charge in [0.2, 0.25) is 10.0 Å². The minimum atomic E-state index is -3.45. The van der Waals surface area contributed by atoms with Crippen molar-refractivity contribution in [2.45, 2.75) is 31.1 Å². The lowest BCUT2D eigenvalue weighted by atomic mass is 10.2. The van der Waals surface area contributed by atoms with E-state index in [0.717, 1.165) is 12.8 Å². The molecule has 1 aromatic heterocycles. The van der Waals surface area contributed by atoms with Gasteiger partial charge >= 0.3 is 0 Å². The lowest BCUT2D eigenvalue weighted by Gasteiger charge is -2.20. The number of aliphatic hydroxyl groups is 1. The smallest absolute Gasteiger partial charge is 0.216 e. The van der Waals surface area contributed by atoms with Crippen LogP contribution in [0.15, 0.2) is 12.4 Å². The van der Waals surface area contributed by atoms with Crippen molar-refractivity contribution in [1.82, 2.24) is 19.3 Å². The maximum Gasteiger partial charge on any atom is 0.216 e. The normalized spacial score (nSPS) is 28.9. The third-order valence-corrected chi connectivity index (χ3v) is 6.06. The van der Waals surface area contributed by atoms with Crippen LogP contribution >= 0.6 is 0 Å². The van der Waals surface area contributed by atoms with E-state index in [2.05, 4.69) is 10.3 Å². The SMILES string of the molecule is COC(CS(=O)(=O)N1C[C@@H](O)[C@H](n2ccnn2)C1)C1CC1. The van der Waals surface area contributed by atoms with Crippen molar-refractivity contribution < 1.29 is 18.3 Å². The first-order valence-electron chi connectivity index (χ1n) is 7.06. The Balaban J connectivity index is 1.69. The van der Waals surface area contributed by atoms with Crippen LogP contribution in [0.5, 0.6) is 0 Å². The molecule has 9 heteroatoms. The second-order valence-electron chi connectivity index (χ2n) is 5.72. The standard InChI is InChI=1S/C12H20N4O4S/c1-20-12(9-2-3-9)8-21(18,19)15-6-10(11(17)7-15)16-5-4-13-14-16/h4-5,9-12,17H,2-3,6-8H2,1H3/t10-,11-,12?/m1/s1. The van der Waals surface area contributed by atoms with Gasteiger partial charge in [-0.15, -0.1) is 5.10 Å². The molecular formula is C12H20N4O4S. The number of nitrogens with zero attached hydrogens (tertiary/aromatic N) is 4. The fraction of sp³-hybridized carbons (Fsp3) is 0.833.